The van der Waals surface area contributed by atoms with Crippen molar-refractivity contribution in [3.8, 4) is 5.75 Å². The molecule has 1 aromatic carbocycles. The predicted molar refractivity (Wildman–Crippen MR) is 69.5 cm³/mol. The van der Waals surface area contributed by atoms with Gasteiger partial charge in [-0.25, -0.2) is 4.39 Å². The maximum atomic E-state index is 13.4. The van der Waals surface area contributed by atoms with Gasteiger partial charge >= 0.3 is 0 Å². The molecule has 5 heteroatoms. The second-order valence-corrected chi connectivity index (χ2v) is 4.50. The molecule has 0 heterocycles. The van der Waals surface area contributed by atoms with Crippen LogP contribution in [0.2, 0.25) is 0 Å². The van der Waals surface area contributed by atoms with E-state index in [1.165, 1.54) is 12.1 Å². The molecule has 1 unspecified atom stereocenters. The molecule has 1 aromatic rings. The minimum atomic E-state index is -0.724. The van der Waals surface area contributed by atoms with Gasteiger partial charge in [-0.3, -0.25) is 4.79 Å². The van der Waals surface area contributed by atoms with Gasteiger partial charge in [0.2, 0.25) is 0 Å². The number of nitrogens with one attached hydrogen (secondary N) is 1. The molecule has 2 N–H and O–H groups in total. The van der Waals surface area contributed by atoms with Gasteiger partial charge in [-0.1, -0.05) is 13.3 Å². The van der Waals surface area contributed by atoms with Crippen LogP contribution in [-0.2, 0) is 0 Å². The van der Waals surface area contributed by atoms with Gasteiger partial charge in [0.1, 0.15) is 11.6 Å². The molecule has 0 fully saturated rings. The van der Waals surface area contributed by atoms with Crippen LogP contribution in [0.4, 0.5) is 4.39 Å². The Morgan fingerprint density at radius 2 is 2.28 bits per heavy atom. The molecule has 1 rings (SSSR count). The lowest BCUT2D eigenvalue weighted by atomic mass is 10.0. The number of carbonyl (C=O) groups is 1. The van der Waals surface area contributed by atoms with Crippen LogP contribution in [-0.4, -0.2) is 23.4 Å². The minimum Gasteiger partial charge on any atom is -0.508 e. The second-order valence-electron chi connectivity index (χ2n) is 4.13. The zero-order valence-corrected chi connectivity index (χ0v) is 11.0. The van der Waals surface area contributed by atoms with Gasteiger partial charge in [0.25, 0.3) is 5.91 Å². The number of hydrogen-bond donors (Lipinski definition) is 2. The van der Waals surface area contributed by atoms with Crippen LogP contribution >= 0.6 is 11.6 Å². The summed E-state index contributed by atoms with van der Waals surface area (Å²) in [4.78, 5) is 11.7. The summed E-state index contributed by atoms with van der Waals surface area (Å²) in [5, 5.41) is 11.7. The number of amides is 1. The van der Waals surface area contributed by atoms with Gasteiger partial charge in [-0.05, 0) is 24.5 Å². The van der Waals surface area contributed by atoms with Crippen molar-refractivity contribution >= 4 is 17.5 Å². The SMILES string of the molecule is CCC(CCCl)CNC(=O)c1ccc(O)cc1F. The highest BCUT2D eigenvalue weighted by Crippen LogP contribution is 2.15. The van der Waals surface area contributed by atoms with Crippen molar-refractivity contribution in [3.63, 3.8) is 0 Å². The number of rotatable bonds is 6. The molecular weight excluding hydrogens is 257 g/mol. The second kappa shape index (κ2) is 7.21. The first-order chi connectivity index (χ1) is 8.58. The van der Waals surface area contributed by atoms with E-state index in [-0.39, 0.29) is 11.3 Å². The zero-order valence-electron chi connectivity index (χ0n) is 10.2. The topological polar surface area (TPSA) is 49.3 Å². The molecular formula is C13H17ClFNO2. The smallest absolute Gasteiger partial charge is 0.254 e. The molecule has 18 heavy (non-hydrogen) atoms. The Kier molecular flexibility index (Phi) is 5.92. The van der Waals surface area contributed by atoms with Crippen molar-refractivity contribution in [2.75, 3.05) is 12.4 Å². The standard InChI is InChI=1S/C13H17ClFNO2/c1-2-9(5-6-14)8-16-13(18)11-4-3-10(17)7-12(11)15/h3-4,7,9,17H,2,5-6,8H2,1H3,(H,16,18). The fourth-order valence-electron chi connectivity index (χ4n) is 1.63. The number of phenols is 1. The van der Waals surface area contributed by atoms with Crippen molar-refractivity contribution in [3.05, 3.63) is 29.6 Å². The first-order valence-corrected chi connectivity index (χ1v) is 6.44. The van der Waals surface area contributed by atoms with Crippen molar-refractivity contribution in [2.45, 2.75) is 19.8 Å². The predicted octanol–water partition coefficient (Wildman–Crippen LogP) is 2.92. The van der Waals surface area contributed by atoms with Gasteiger partial charge in [-0.15, -0.1) is 11.6 Å². The molecule has 100 valence electrons. The largest absolute Gasteiger partial charge is 0.508 e. The van der Waals surface area contributed by atoms with E-state index in [0.717, 1.165) is 18.9 Å². The highest BCUT2D eigenvalue weighted by Gasteiger charge is 2.13. The molecule has 0 spiro atoms. The summed E-state index contributed by atoms with van der Waals surface area (Å²) in [5.41, 5.74) is -0.0615. The highest BCUT2D eigenvalue weighted by atomic mass is 35.5. The molecule has 0 aromatic heterocycles. The van der Waals surface area contributed by atoms with Gasteiger partial charge < -0.3 is 10.4 Å². The Morgan fingerprint density at radius 3 is 2.83 bits per heavy atom. The molecule has 0 saturated carbocycles. The maximum Gasteiger partial charge on any atom is 0.254 e. The Morgan fingerprint density at radius 1 is 1.56 bits per heavy atom. The minimum absolute atomic E-state index is 0.0615. The van der Waals surface area contributed by atoms with E-state index in [1.807, 2.05) is 6.92 Å². The molecule has 0 aliphatic heterocycles. The van der Waals surface area contributed by atoms with Crippen LogP contribution in [0.1, 0.15) is 30.1 Å². The number of phenolic OH excluding ortho intramolecular Hbond substituents is 1. The van der Waals surface area contributed by atoms with Gasteiger partial charge in [-0.2, -0.15) is 0 Å². The third kappa shape index (κ3) is 4.18. The first-order valence-electron chi connectivity index (χ1n) is 5.91. The summed E-state index contributed by atoms with van der Waals surface area (Å²) in [6, 6.07) is 3.47. The molecule has 0 aliphatic carbocycles. The van der Waals surface area contributed by atoms with E-state index in [0.29, 0.717) is 18.3 Å². The number of benzene rings is 1. The number of alkyl halides is 1. The van der Waals surface area contributed by atoms with E-state index >= 15 is 0 Å². The maximum absolute atomic E-state index is 13.4. The summed E-state index contributed by atoms with van der Waals surface area (Å²) in [7, 11) is 0. The lowest BCUT2D eigenvalue weighted by molar-refractivity contribution is 0.0942. The summed E-state index contributed by atoms with van der Waals surface area (Å²) in [6.45, 7) is 2.49. The normalized spacial score (nSPS) is 12.2. The average molecular weight is 274 g/mol. The number of aromatic hydroxyl groups is 1. The summed E-state index contributed by atoms with van der Waals surface area (Å²) in [5.74, 6) is -0.551. The van der Waals surface area contributed by atoms with Gasteiger partial charge in [0.05, 0.1) is 5.56 Å². The van der Waals surface area contributed by atoms with Crippen molar-refractivity contribution in [1.29, 1.82) is 0 Å². The molecule has 0 radical (unpaired) electrons. The van der Waals surface area contributed by atoms with Crippen molar-refractivity contribution in [2.24, 2.45) is 5.92 Å². The highest BCUT2D eigenvalue weighted by molar-refractivity contribution is 6.17. The van der Waals surface area contributed by atoms with Crippen LogP contribution in [0.3, 0.4) is 0 Å². The van der Waals surface area contributed by atoms with E-state index in [4.69, 9.17) is 16.7 Å². The van der Waals surface area contributed by atoms with E-state index < -0.39 is 11.7 Å². The number of halogens is 2. The van der Waals surface area contributed by atoms with Crippen LogP contribution in [0.5, 0.6) is 5.75 Å². The van der Waals surface area contributed by atoms with Gasteiger partial charge in [0.15, 0.2) is 0 Å². The van der Waals surface area contributed by atoms with E-state index in [9.17, 15) is 9.18 Å². The Labute approximate surface area is 111 Å². The van der Waals surface area contributed by atoms with Crippen molar-refractivity contribution in [1.82, 2.24) is 5.32 Å². The van der Waals surface area contributed by atoms with Crippen LogP contribution in [0.15, 0.2) is 18.2 Å². The summed E-state index contributed by atoms with van der Waals surface area (Å²) < 4.78 is 13.4. The Balaban J connectivity index is 2.59. The summed E-state index contributed by atoms with van der Waals surface area (Å²) >= 11 is 5.65. The third-order valence-corrected chi connectivity index (χ3v) is 3.06. The van der Waals surface area contributed by atoms with E-state index in [2.05, 4.69) is 5.32 Å². The fourth-order valence-corrected chi connectivity index (χ4v) is 1.93. The quantitative estimate of drug-likeness (QED) is 0.783. The number of hydrogen-bond acceptors (Lipinski definition) is 2. The molecule has 0 bridgehead atoms. The molecule has 0 saturated heterocycles. The first kappa shape index (κ1) is 14.8. The van der Waals surface area contributed by atoms with Crippen LogP contribution in [0.25, 0.3) is 0 Å². The Hall–Kier alpha value is -1.29. The fraction of sp³-hybridized carbons (Fsp3) is 0.462. The van der Waals surface area contributed by atoms with Gasteiger partial charge in [0, 0.05) is 18.5 Å². The monoisotopic (exact) mass is 273 g/mol. The lowest BCUT2D eigenvalue weighted by Gasteiger charge is -2.14. The third-order valence-electron chi connectivity index (χ3n) is 2.84. The molecule has 1 atom stereocenters. The number of carbonyl (C=O) groups excluding carboxylic acids is 1. The molecule has 1 amide bonds. The van der Waals surface area contributed by atoms with Crippen LogP contribution < -0.4 is 5.32 Å². The van der Waals surface area contributed by atoms with E-state index in [1.54, 1.807) is 0 Å². The molecule has 3 nitrogen and oxygen atoms in total. The van der Waals surface area contributed by atoms with Crippen molar-refractivity contribution < 1.29 is 14.3 Å². The molecule has 0 aliphatic rings. The lowest BCUT2D eigenvalue weighted by Crippen LogP contribution is -2.30. The van der Waals surface area contributed by atoms with Crippen LogP contribution in [0, 0.1) is 11.7 Å². The zero-order chi connectivity index (χ0) is 13.5. The Bertz CT molecular complexity index is 412. The summed E-state index contributed by atoms with van der Waals surface area (Å²) in [6.07, 6.45) is 1.72. The average Bonchev–Trinajstić information content (AvgIpc) is 2.34.